The van der Waals surface area contributed by atoms with E-state index in [9.17, 15) is 9.59 Å². The molecule has 0 aromatic rings. The van der Waals surface area contributed by atoms with Crippen molar-refractivity contribution in [1.29, 1.82) is 0 Å². The van der Waals surface area contributed by atoms with Crippen LogP contribution in [0.1, 0.15) is 13.3 Å². The molecule has 1 saturated heterocycles. The van der Waals surface area contributed by atoms with Gasteiger partial charge >= 0.3 is 11.9 Å². The Kier molecular flexibility index (Phi) is 1.62. The van der Waals surface area contributed by atoms with Gasteiger partial charge in [0.25, 0.3) is 0 Å². The average molecular weight is 178 g/mol. The Morgan fingerprint density at radius 1 is 1.46 bits per heavy atom. The maximum atomic E-state index is 11.4. The van der Waals surface area contributed by atoms with Gasteiger partial charge in [0.15, 0.2) is 0 Å². The first-order valence-corrected chi connectivity index (χ1v) is 4.33. The number of hydrogen-bond acceptors (Lipinski definition) is 3. The van der Waals surface area contributed by atoms with E-state index in [1.165, 1.54) is 0 Å². The molecule has 0 N–H and O–H groups in total. The minimum Gasteiger partial charge on any atom is -0.392 e. The molecule has 0 aromatic heterocycles. The maximum Gasteiger partial charge on any atom is 0.324 e. The second kappa shape index (κ2) is 2.55. The van der Waals surface area contributed by atoms with Gasteiger partial charge in [0, 0.05) is 0 Å². The fraction of sp³-hybridized carbons (Fsp3) is 0.400. The van der Waals surface area contributed by atoms with Crippen LogP contribution < -0.4 is 0 Å². The fourth-order valence-electron chi connectivity index (χ4n) is 1.89. The van der Waals surface area contributed by atoms with Gasteiger partial charge in [-0.2, -0.15) is 0 Å². The molecule has 2 atom stereocenters. The number of carbonyl (C=O) groups is 2. The summed E-state index contributed by atoms with van der Waals surface area (Å²) >= 11 is 0. The van der Waals surface area contributed by atoms with Crippen molar-refractivity contribution in [3.05, 3.63) is 24.3 Å². The van der Waals surface area contributed by atoms with Crippen molar-refractivity contribution >= 4 is 11.9 Å². The number of fused-ring (bicyclic) bond motifs is 1. The largest absolute Gasteiger partial charge is 0.392 e. The second-order valence-electron chi connectivity index (χ2n) is 3.32. The van der Waals surface area contributed by atoms with E-state index >= 15 is 0 Å². The van der Waals surface area contributed by atoms with Crippen LogP contribution in [0.2, 0.25) is 0 Å². The predicted octanol–water partition coefficient (Wildman–Crippen LogP) is 1.21. The van der Waals surface area contributed by atoms with E-state index < -0.39 is 23.3 Å². The van der Waals surface area contributed by atoms with E-state index in [2.05, 4.69) is 4.74 Å². The van der Waals surface area contributed by atoms with E-state index in [1.54, 1.807) is 24.3 Å². The zero-order chi connectivity index (χ0) is 9.47. The topological polar surface area (TPSA) is 43.4 Å². The molecule has 1 aliphatic heterocycles. The van der Waals surface area contributed by atoms with Gasteiger partial charge in [0.1, 0.15) is 5.41 Å². The number of carbonyl (C=O) groups excluding carboxylic acids is 2. The molecule has 2 unspecified atom stereocenters. The minimum absolute atomic E-state index is 0.407. The van der Waals surface area contributed by atoms with E-state index in [1.807, 2.05) is 6.92 Å². The Hall–Kier alpha value is -1.38. The third-order valence-electron chi connectivity index (χ3n) is 2.78. The van der Waals surface area contributed by atoms with E-state index in [4.69, 9.17) is 0 Å². The molecule has 1 heterocycles. The molecule has 13 heavy (non-hydrogen) atoms. The normalized spacial score (nSPS) is 36.2. The zero-order valence-corrected chi connectivity index (χ0v) is 7.32. The standard InChI is InChI=1S/C10H10O3/c1-2-10-6-4-3-5-7(10)8(11)13-9(10)12/h3-7H,2H2,1H3. The molecule has 3 heteroatoms. The highest BCUT2D eigenvalue weighted by Gasteiger charge is 2.54. The van der Waals surface area contributed by atoms with Crippen molar-refractivity contribution in [2.75, 3.05) is 0 Å². The highest BCUT2D eigenvalue weighted by molar-refractivity contribution is 6.01. The number of allylic oxidation sites excluding steroid dienone is 2. The zero-order valence-electron chi connectivity index (χ0n) is 7.32. The second-order valence-corrected chi connectivity index (χ2v) is 3.32. The lowest BCUT2D eigenvalue weighted by Crippen LogP contribution is -2.31. The summed E-state index contributed by atoms with van der Waals surface area (Å²) in [6.45, 7) is 1.89. The monoisotopic (exact) mass is 178 g/mol. The third kappa shape index (κ3) is 0.899. The van der Waals surface area contributed by atoms with Gasteiger partial charge in [-0.1, -0.05) is 31.2 Å². The number of cyclic esters (lactones) is 2. The molecule has 1 aliphatic carbocycles. The summed E-state index contributed by atoms with van der Waals surface area (Å²) in [6, 6.07) is 0. The molecular formula is C10H10O3. The number of esters is 2. The molecule has 2 aliphatic rings. The summed E-state index contributed by atoms with van der Waals surface area (Å²) in [5, 5.41) is 0. The van der Waals surface area contributed by atoms with Gasteiger partial charge in [0.05, 0.1) is 5.92 Å². The molecule has 0 bridgehead atoms. The summed E-state index contributed by atoms with van der Waals surface area (Å²) < 4.78 is 4.62. The van der Waals surface area contributed by atoms with Crippen molar-refractivity contribution in [3.63, 3.8) is 0 Å². The maximum absolute atomic E-state index is 11.4. The van der Waals surface area contributed by atoms with E-state index in [-0.39, 0.29) is 0 Å². The molecule has 1 fully saturated rings. The number of ether oxygens (including phenoxy) is 1. The average Bonchev–Trinajstić information content (AvgIpc) is 2.41. The Morgan fingerprint density at radius 3 is 2.85 bits per heavy atom. The lowest BCUT2D eigenvalue weighted by molar-refractivity contribution is -0.154. The van der Waals surface area contributed by atoms with Gasteiger partial charge in [-0.25, -0.2) is 0 Å². The van der Waals surface area contributed by atoms with Crippen LogP contribution >= 0.6 is 0 Å². The molecule has 0 radical (unpaired) electrons. The Labute approximate surface area is 76.1 Å². The Bertz CT molecular complexity index is 327. The number of rotatable bonds is 1. The Balaban J connectivity index is 2.49. The summed E-state index contributed by atoms with van der Waals surface area (Å²) in [4.78, 5) is 22.7. The van der Waals surface area contributed by atoms with Crippen molar-refractivity contribution in [1.82, 2.24) is 0 Å². The molecule has 2 rings (SSSR count). The smallest absolute Gasteiger partial charge is 0.324 e. The lowest BCUT2D eigenvalue weighted by atomic mass is 9.73. The fourth-order valence-corrected chi connectivity index (χ4v) is 1.89. The molecular weight excluding hydrogens is 168 g/mol. The summed E-state index contributed by atoms with van der Waals surface area (Å²) in [5.74, 6) is -1.24. The van der Waals surface area contributed by atoms with Crippen molar-refractivity contribution in [2.45, 2.75) is 13.3 Å². The molecule has 68 valence electrons. The highest BCUT2D eigenvalue weighted by atomic mass is 16.6. The lowest BCUT2D eigenvalue weighted by Gasteiger charge is -2.24. The van der Waals surface area contributed by atoms with Crippen LogP contribution in [0.25, 0.3) is 0 Å². The van der Waals surface area contributed by atoms with Crippen LogP contribution in [0.5, 0.6) is 0 Å². The SMILES string of the molecule is CCC12C=CC=CC1C(=O)OC2=O. The first-order valence-electron chi connectivity index (χ1n) is 4.33. The predicted molar refractivity (Wildman–Crippen MR) is 45.6 cm³/mol. The number of hydrogen-bond donors (Lipinski definition) is 0. The van der Waals surface area contributed by atoms with Gasteiger partial charge in [0.2, 0.25) is 0 Å². The third-order valence-corrected chi connectivity index (χ3v) is 2.78. The van der Waals surface area contributed by atoms with Crippen LogP contribution in [0.4, 0.5) is 0 Å². The molecule has 0 amide bonds. The van der Waals surface area contributed by atoms with Crippen molar-refractivity contribution in [2.24, 2.45) is 11.3 Å². The van der Waals surface area contributed by atoms with Crippen LogP contribution in [0.15, 0.2) is 24.3 Å². The molecule has 3 nitrogen and oxygen atoms in total. The first kappa shape index (κ1) is 8.23. The first-order chi connectivity index (χ1) is 6.20. The molecule has 0 spiro atoms. The Morgan fingerprint density at radius 2 is 2.23 bits per heavy atom. The van der Waals surface area contributed by atoms with Gasteiger partial charge in [-0.05, 0) is 6.42 Å². The van der Waals surface area contributed by atoms with Gasteiger partial charge in [-0.15, -0.1) is 0 Å². The van der Waals surface area contributed by atoms with Crippen LogP contribution in [0, 0.1) is 11.3 Å². The van der Waals surface area contributed by atoms with Crippen molar-refractivity contribution < 1.29 is 14.3 Å². The minimum atomic E-state index is -0.716. The van der Waals surface area contributed by atoms with Crippen LogP contribution in [0.3, 0.4) is 0 Å². The van der Waals surface area contributed by atoms with Gasteiger partial charge in [-0.3, -0.25) is 9.59 Å². The van der Waals surface area contributed by atoms with E-state index in [0.29, 0.717) is 6.42 Å². The van der Waals surface area contributed by atoms with Gasteiger partial charge < -0.3 is 4.74 Å². The molecule has 0 aromatic carbocycles. The van der Waals surface area contributed by atoms with Crippen molar-refractivity contribution in [3.8, 4) is 0 Å². The summed E-state index contributed by atoms with van der Waals surface area (Å²) in [5.41, 5.74) is -0.716. The van der Waals surface area contributed by atoms with E-state index in [0.717, 1.165) is 0 Å². The molecule has 0 saturated carbocycles. The summed E-state index contributed by atoms with van der Waals surface area (Å²) in [7, 11) is 0. The van der Waals surface area contributed by atoms with Crippen LogP contribution in [-0.2, 0) is 14.3 Å². The van der Waals surface area contributed by atoms with Crippen LogP contribution in [-0.4, -0.2) is 11.9 Å². The highest BCUT2D eigenvalue weighted by Crippen LogP contribution is 2.43. The summed E-state index contributed by atoms with van der Waals surface area (Å²) in [6.07, 6.45) is 7.67. The quantitative estimate of drug-likeness (QED) is 0.447.